The first-order valence-corrected chi connectivity index (χ1v) is 8.70. The molecular weight excluding hydrogens is 401 g/mol. The monoisotopic (exact) mass is 423 g/mol. The highest BCUT2D eigenvalue weighted by atomic mass is 127. The van der Waals surface area contributed by atoms with Crippen molar-refractivity contribution in [2.75, 3.05) is 6.26 Å². The van der Waals surface area contributed by atoms with Crippen LogP contribution in [0.4, 0.5) is 0 Å². The summed E-state index contributed by atoms with van der Waals surface area (Å²) in [5.41, 5.74) is 6.78. The molecule has 21 heavy (non-hydrogen) atoms. The molecule has 0 aromatic heterocycles. The molecule has 1 fully saturated rings. The number of nitrogens with one attached hydrogen (secondary N) is 1. The number of nitrogens with zero attached hydrogens (tertiary/aromatic N) is 1. The molecule has 0 amide bonds. The summed E-state index contributed by atoms with van der Waals surface area (Å²) in [5.74, 6) is 0.462. The topological polar surface area (TPSA) is 84.5 Å². The molecule has 1 aromatic rings. The van der Waals surface area contributed by atoms with Crippen molar-refractivity contribution in [3.05, 3.63) is 29.8 Å². The molecule has 0 radical (unpaired) electrons. The van der Waals surface area contributed by atoms with Crippen LogP contribution < -0.4 is 11.1 Å². The molecule has 0 bridgehead atoms. The van der Waals surface area contributed by atoms with Gasteiger partial charge in [-0.2, -0.15) is 0 Å². The van der Waals surface area contributed by atoms with Crippen LogP contribution in [0.25, 0.3) is 0 Å². The summed E-state index contributed by atoms with van der Waals surface area (Å²) in [4.78, 5) is 4.61. The van der Waals surface area contributed by atoms with Gasteiger partial charge in [0, 0.05) is 12.3 Å². The normalized spacial score (nSPS) is 16.5. The molecule has 0 heterocycles. The predicted molar refractivity (Wildman–Crippen MR) is 95.7 cm³/mol. The number of halogens is 1. The van der Waals surface area contributed by atoms with Gasteiger partial charge in [0.05, 0.1) is 11.4 Å². The molecule has 2 rings (SSSR count). The molecule has 1 saturated carbocycles. The van der Waals surface area contributed by atoms with E-state index in [-0.39, 0.29) is 24.0 Å². The Bertz CT molecular complexity index is 579. The first-order chi connectivity index (χ1) is 9.45. The van der Waals surface area contributed by atoms with Crippen LogP contribution in [0.15, 0.2) is 34.2 Å². The lowest BCUT2D eigenvalue weighted by Crippen LogP contribution is -2.38. The lowest BCUT2D eigenvalue weighted by atomic mass is 10.2. The predicted octanol–water partition coefficient (Wildman–Crippen LogP) is 2.06. The van der Waals surface area contributed by atoms with Gasteiger partial charge in [-0.15, -0.1) is 24.0 Å². The average molecular weight is 423 g/mol. The van der Waals surface area contributed by atoms with Gasteiger partial charge in [-0.1, -0.05) is 25.0 Å². The van der Waals surface area contributed by atoms with E-state index in [1.54, 1.807) is 24.3 Å². The number of sulfone groups is 1. The van der Waals surface area contributed by atoms with Gasteiger partial charge in [0.1, 0.15) is 0 Å². The standard InChI is InChI=1S/C14H21N3O2S.HI/c1-20(18,19)13-8-6-11(7-9-13)10-16-14(15)17-12-4-2-3-5-12;/h6-9,12H,2-5,10H2,1H3,(H3,15,16,17);1H. The fourth-order valence-corrected chi connectivity index (χ4v) is 2.97. The Labute approximate surface area is 143 Å². The number of hydrogen-bond donors (Lipinski definition) is 2. The summed E-state index contributed by atoms with van der Waals surface area (Å²) in [5, 5.41) is 3.22. The van der Waals surface area contributed by atoms with Crippen molar-refractivity contribution in [3.8, 4) is 0 Å². The Morgan fingerprint density at radius 3 is 2.38 bits per heavy atom. The van der Waals surface area contributed by atoms with Gasteiger partial charge in [0.2, 0.25) is 0 Å². The Morgan fingerprint density at radius 1 is 1.29 bits per heavy atom. The quantitative estimate of drug-likeness (QED) is 0.441. The molecule has 1 aliphatic carbocycles. The van der Waals surface area contributed by atoms with Gasteiger partial charge < -0.3 is 11.1 Å². The molecule has 0 atom stereocenters. The maximum atomic E-state index is 11.3. The number of benzene rings is 1. The summed E-state index contributed by atoms with van der Waals surface area (Å²) >= 11 is 0. The van der Waals surface area contributed by atoms with Gasteiger partial charge in [-0.3, -0.25) is 0 Å². The average Bonchev–Trinajstić information content (AvgIpc) is 2.88. The molecule has 1 aromatic carbocycles. The molecule has 0 unspecified atom stereocenters. The molecular formula is C14H22IN3O2S. The van der Waals surface area contributed by atoms with E-state index in [2.05, 4.69) is 10.3 Å². The lowest BCUT2D eigenvalue weighted by molar-refractivity contribution is 0.602. The Kier molecular flexibility index (Phi) is 6.92. The van der Waals surface area contributed by atoms with Crippen LogP contribution >= 0.6 is 24.0 Å². The third kappa shape index (κ3) is 5.82. The van der Waals surface area contributed by atoms with Crippen LogP contribution in [0.2, 0.25) is 0 Å². The largest absolute Gasteiger partial charge is 0.370 e. The molecule has 0 aliphatic heterocycles. The summed E-state index contributed by atoms with van der Waals surface area (Å²) in [6, 6.07) is 7.18. The van der Waals surface area contributed by atoms with Gasteiger partial charge >= 0.3 is 0 Å². The zero-order valence-corrected chi connectivity index (χ0v) is 15.2. The molecule has 1 aliphatic rings. The van der Waals surface area contributed by atoms with Crippen molar-refractivity contribution in [2.24, 2.45) is 10.7 Å². The van der Waals surface area contributed by atoms with Gasteiger partial charge in [0.15, 0.2) is 15.8 Å². The van der Waals surface area contributed by atoms with E-state index in [1.165, 1.54) is 19.1 Å². The highest BCUT2D eigenvalue weighted by molar-refractivity contribution is 14.0. The van der Waals surface area contributed by atoms with E-state index < -0.39 is 9.84 Å². The third-order valence-corrected chi connectivity index (χ3v) is 4.62. The minimum atomic E-state index is -3.14. The molecule has 0 spiro atoms. The Morgan fingerprint density at radius 2 is 1.86 bits per heavy atom. The van der Waals surface area contributed by atoms with Gasteiger partial charge in [0.25, 0.3) is 0 Å². The van der Waals surface area contributed by atoms with Crippen molar-refractivity contribution in [2.45, 2.75) is 43.2 Å². The van der Waals surface area contributed by atoms with E-state index in [9.17, 15) is 8.42 Å². The van der Waals surface area contributed by atoms with Crippen LogP contribution in [0, 0.1) is 0 Å². The molecule has 3 N–H and O–H groups in total. The lowest BCUT2D eigenvalue weighted by Gasteiger charge is -2.12. The number of hydrogen-bond acceptors (Lipinski definition) is 3. The van der Waals surface area contributed by atoms with Crippen LogP contribution in [0.1, 0.15) is 31.2 Å². The molecule has 0 saturated heterocycles. The SMILES string of the molecule is CS(=O)(=O)c1ccc(CN=C(N)NC2CCCC2)cc1.I. The molecule has 7 heteroatoms. The minimum Gasteiger partial charge on any atom is -0.370 e. The number of guanidine groups is 1. The van der Waals surface area contributed by atoms with E-state index in [4.69, 9.17) is 5.73 Å². The number of rotatable bonds is 4. The van der Waals surface area contributed by atoms with Crippen LogP contribution in [0.5, 0.6) is 0 Å². The van der Waals surface area contributed by atoms with Crippen LogP contribution in [0.3, 0.4) is 0 Å². The van der Waals surface area contributed by atoms with Crippen LogP contribution in [-0.2, 0) is 16.4 Å². The second-order valence-corrected chi connectivity index (χ2v) is 7.26. The first kappa shape index (κ1) is 18.2. The minimum absolute atomic E-state index is 0. The summed E-state index contributed by atoms with van der Waals surface area (Å²) in [6.45, 7) is 0.454. The van der Waals surface area contributed by atoms with E-state index >= 15 is 0 Å². The second kappa shape index (κ2) is 7.98. The van der Waals surface area contributed by atoms with Crippen molar-refractivity contribution >= 4 is 39.8 Å². The number of nitrogens with two attached hydrogens (primary N) is 1. The zero-order valence-electron chi connectivity index (χ0n) is 12.1. The maximum absolute atomic E-state index is 11.3. The Hall–Kier alpha value is -0.830. The smallest absolute Gasteiger partial charge is 0.189 e. The highest BCUT2D eigenvalue weighted by Gasteiger charge is 2.14. The molecule has 5 nitrogen and oxygen atoms in total. The third-order valence-electron chi connectivity index (χ3n) is 3.49. The number of aliphatic imine (C=N–C) groups is 1. The first-order valence-electron chi connectivity index (χ1n) is 6.80. The van der Waals surface area contributed by atoms with Crippen molar-refractivity contribution in [1.82, 2.24) is 5.32 Å². The second-order valence-electron chi connectivity index (χ2n) is 5.24. The van der Waals surface area contributed by atoms with E-state index in [0.717, 1.165) is 18.4 Å². The van der Waals surface area contributed by atoms with E-state index in [1.807, 2.05) is 0 Å². The van der Waals surface area contributed by atoms with Gasteiger partial charge in [-0.05, 0) is 30.5 Å². The van der Waals surface area contributed by atoms with Gasteiger partial charge in [-0.25, -0.2) is 13.4 Å². The highest BCUT2D eigenvalue weighted by Crippen LogP contribution is 2.17. The van der Waals surface area contributed by atoms with Crippen molar-refractivity contribution < 1.29 is 8.42 Å². The summed E-state index contributed by atoms with van der Waals surface area (Å²) < 4.78 is 22.7. The zero-order chi connectivity index (χ0) is 14.6. The fourth-order valence-electron chi connectivity index (χ4n) is 2.34. The van der Waals surface area contributed by atoms with E-state index in [0.29, 0.717) is 23.4 Å². The van der Waals surface area contributed by atoms with Crippen molar-refractivity contribution in [3.63, 3.8) is 0 Å². The molecule has 118 valence electrons. The Balaban J connectivity index is 0.00000220. The summed E-state index contributed by atoms with van der Waals surface area (Å²) in [6.07, 6.45) is 6.00. The summed E-state index contributed by atoms with van der Waals surface area (Å²) in [7, 11) is -3.14. The fraction of sp³-hybridized carbons (Fsp3) is 0.500. The van der Waals surface area contributed by atoms with Crippen molar-refractivity contribution in [1.29, 1.82) is 0 Å². The maximum Gasteiger partial charge on any atom is 0.189 e. The van der Waals surface area contributed by atoms with Crippen LogP contribution in [-0.4, -0.2) is 26.7 Å².